The topological polar surface area (TPSA) is 217 Å². The van der Waals surface area contributed by atoms with Crippen molar-refractivity contribution in [3.05, 3.63) is 0 Å². The van der Waals surface area contributed by atoms with Gasteiger partial charge in [-0.1, -0.05) is 0 Å². The molecule has 2 atom stereocenters. The molecular formula is C17H27NO13. The molecule has 0 aromatic rings. The molecule has 0 heterocycles. The summed E-state index contributed by atoms with van der Waals surface area (Å²) in [5.41, 5.74) is 0. The van der Waals surface area contributed by atoms with Gasteiger partial charge in [-0.15, -0.1) is 0 Å². The van der Waals surface area contributed by atoms with Crippen molar-refractivity contribution < 1.29 is 63.7 Å². The number of hydrogen-bond acceptors (Lipinski definition) is 9. The van der Waals surface area contributed by atoms with Gasteiger partial charge in [0.05, 0.1) is 45.7 Å². The normalized spacial score (nSPS) is 12.9. The average Bonchev–Trinajstić information content (AvgIpc) is 2.64. The van der Waals surface area contributed by atoms with Crippen LogP contribution in [0.1, 0.15) is 19.3 Å². The molecule has 14 heteroatoms. The summed E-state index contributed by atoms with van der Waals surface area (Å²) in [6.45, 7) is 0.155. The van der Waals surface area contributed by atoms with Crippen molar-refractivity contribution in [3.63, 3.8) is 0 Å². The van der Waals surface area contributed by atoms with Gasteiger partial charge in [-0.25, -0.2) is 9.59 Å². The predicted octanol–water partition coefficient (Wildman–Crippen LogP) is -1.33. The number of aliphatic carboxylic acids is 5. The third-order valence-electron chi connectivity index (χ3n) is 3.74. The Morgan fingerprint density at radius 1 is 0.613 bits per heavy atom. The van der Waals surface area contributed by atoms with E-state index < -0.39 is 54.9 Å². The summed E-state index contributed by atoms with van der Waals surface area (Å²) in [6.07, 6.45) is -4.75. The largest absolute Gasteiger partial charge is 0.481 e. The van der Waals surface area contributed by atoms with Crippen LogP contribution in [0.25, 0.3) is 0 Å². The fraction of sp³-hybridized carbons (Fsp3) is 0.706. The molecule has 0 amide bonds. The molecule has 0 aromatic carbocycles. The molecule has 0 radical (unpaired) electrons. The molecule has 178 valence electrons. The summed E-state index contributed by atoms with van der Waals surface area (Å²) in [5.74, 6) is -6.60. The second-order valence-corrected chi connectivity index (χ2v) is 6.19. The summed E-state index contributed by atoms with van der Waals surface area (Å²) in [6, 6.07) is 0. The molecule has 0 aliphatic rings. The summed E-state index contributed by atoms with van der Waals surface area (Å²) >= 11 is 0. The molecule has 0 aliphatic carbocycles. The van der Waals surface area contributed by atoms with Gasteiger partial charge >= 0.3 is 29.8 Å². The highest BCUT2D eigenvalue weighted by atomic mass is 16.5. The number of carboxylic acids is 5. The Morgan fingerprint density at radius 3 is 1.39 bits per heavy atom. The van der Waals surface area contributed by atoms with E-state index in [4.69, 9.17) is 39.7 Å². The zero-order valence-electron chi connectivity index (χ0n) is 16.7. The highest BCUT2D eigenvalue weighted by Gasteiger charge is 2.23. The molecule has 0 saturated heterocycles. The lowest BCUT2D eigenvalue weighted by atomic mass is 10.2. The van der Waals surface area contributed by atoms with Gasteiger partial charge in [0.2, 0.25) is 0 Å². The molecule has 0 bridgehead atoms. The van der Waals surface area contributed by atoms with E-state index in [1.165, 1.54) is 0 Å². The standard InChI is InChI=1S/C17H27NO13/c19-13(20)1-5-29-6-2-18(3-7-30-11(16(25)26)9-14(21)22)4-8-31-12(17(27)28)10-15(23)24/h11-12H,1-10H2,(H,19,20)(H,21,22)(H,23,24)(H,25,26)(H,27,28). The van der Waals surface area contributed by atoms with Crippen LogP contribution in [0.15, 0.2) is 0 Å². The average molecular weight is 453 g/mol. The van der Waals surface area contributed by atoms with E-state index in [0.717, 1.165) is 0 Å². The molecule has 0 aliphatic heterocycles. The lowest BCUT2D eigenvalue weighted by Gasteiger charge is -2.23. The van der Waals surface area contributed by atoms with Gasteiger partial charge in [-0.3, -0.25) is 19.3 Å². The number of carboxylic acid groups (broad SMARTS) is 5. The van der Waals surface area contributed by atoms with E-state index in [9.17, 15) is 24.0 Å². The van der Waals surface area contributed by atoms with Gasteiger partial charge in [0, 0.05) is 19.6 Å². The summed E-state index contributed by atoms with van der Waals surface area (Å²) < 4.78 is 15.3. The highest BCUT2D eigenvalue weighted by molar-refractivity contribution is 5.80. The monoisotopic (exact) mass is 453 g/mol. The van der Waals surface area contributed by atoms with Crippen LogP contribution in [0.2, 0.25) is 0 Å². The van der Waals surface area contributed by atoms with Crippen LogP contribution in [0.4, 0.5) is 0 Å². The second-order valence-electron chi connectivity index (χ2n) is 6.19. The van der Waals surface area contributed by atoms with E-state index >= 15 is 0 Å². The smallest absolute Gasteiger partial charge is 0.333 e. The fourth-order valence-electron chi connectivity index (χ4n) is 2.19. The first-order valence-electron chi connectivity index (χ1n) is 9.17. The maximum Gasteiger partial charge on any atom is 0.333 e. The third-order valence-corrected chi connectivity index (χ3v) is 3.74. The van der Waals surface area contributed by atoms with Crippen molar-refractivity contribution in [2.24, 2.45) is 0 Å². The Labute approximate surface area is 176 Å². The minimum atomic E-state index is -1.55. The molecule has 0 aromatic heterocycles. The maximum absolute atomic E-state index is 11.0. The van der Waals surface area contributed by atoms with Crippen molar-refractivity contribution in [3.8, 4) is 0 Å². The Kier molecular flexibility index (Phi) is 14.5. The summed E-state index contributed by atoms with van der Waals surface area (Å²) in [5, 5.41) is 43.9. The Morgan fingerprint density at radius 2 is 1.03 bits per heavy atom. The number of hydrogen-bond donors (Lipinski definition) is 5. The minimum absolute atomic E-state index is 0.0322. The van der Waals surface area contributed by atoms with Gasteiger partial charge in [-0.2, -0.15) is 0 Å². The van der Waals surface area contributed by atoms with Crippen molar-refractivity contribution in [1.82, 2.24) is 4.90 Å². The van der Waals surface area contributed by atoms with E-state index in [2.05, 4.69) is 0 Å². The van der Waals surface area contributed by atoms with Crippen LogP contribution >= 0.6 is 0 Å². The summed E-state index contributed by atoms with van der Waals surface area (Å²) in [7, 11) is 0. The van der Waals surface area contributed by atoms with Crippen LogP contribution in [0, 0.1) is 0 Å². The van der Waals surface area contributed by atoms with Crippen LogP contribution in [-0.4, -0.2) is 119 Å². The molecule has 0 saturated carbocycles. The zero-order chi connectivity index (χ0) is 23.8. The predicted molar refractivity (Wildman–Crippen MR) is 98.8 cm³/mol. The first kappa shape index (κ1) is 28.2. The van der Waals surface area contributed by atoms with Crippen LogP contribution in [0.3, 0.4) is 0 Å². The second kappa shape index (κ2) is 16.0. The molecule has 31 heavy (non-hydrogen) atoms. The van der Waals surface area contributed by atoms with Crippen molar-refractivity contribution >= 4 is 29.8 Å². The molecule has 0 fully saturated rings. The number of rotatable bonds is 20. The van der Waals surface area contributed by atoms with Gasteiger partial charge in [-0.05, 0) is 0 Å². The lowest BCUT2D eigenvalue weighted by Crippen LogP contribution is -2.37. The van der Waals surface area contributed by atoms with E-state index in [1.54, 1.807) is 4.90 Å². The molecule has 14 nitrogen and oxygen atoms in total. The Balaban J connectivity index is 4.66. The molecular weight excluding hydrogens is 426 g/mol. The summed E-state index contributed by atoms with van der Waals surface area (Å²) in [4.78, 5) is 55.5. The highest BCUT2D eigenvalue weighted by Crippen LogP contribution is 2.03. The number of ether oxygens (including phenoxy) is 3. The minimum Gasteiger partial charge on any atom is -0.481 e. The lowest BCUT2D eigenvalue weighted by molar-refractivity contribution is -0.158. The van der Waals surface area contributed by atoms with E-state index in [1.807, 2.05) is 0 Å². The maximum atomic E-state index is 11.0. The van der Waals surface area contributed by atoms with Crippen molar-refractivity contribution in [2.75, 3.05) is 46.1 Å². The third kappa shape index (κ3) is 15.7. The number of carbonyl (C=O) groups is 5. The quantitative estimate of drug-likeness (QED) is 0.135. The van der Waals surface area contributed by atoms with Crippen LogP contribution in [0.5, 0.6) is 0 Å². The molecule has 0 rings (SSSR count). The first-order valence-corrected chi connectivity index (χ1v) is 9.17. The van der Waals surface area contributed by atoms with Gasteiger partial charge in [0.1, 0.15) is 0 Å². The van der Waals surface area contributed by atoms with Crippen molar-refractivity contribution in [2.45, 2.75) is 31.5 Å². The van der Waals surface area contributed by atoms with Crippen LogP contribution < -0.4 is 0 Å². The van der Waals surface area contributed by atoms with E-state index in [-0.39, 0.29) is 52.5 Å². The van der Waals surface area contributed by atoms with Crippen molar-refractivity contribution in [1.29, 1.82) is 0 Å². The van der Waals surface area contributed by atoms with Gasteiger partial charge < -0.3 is 39.7 Å². The molecule has 5 N–H and O–H groups in total. The van der Waals surface area contributed by atoms with E-state index in [0.29, 0.717) is 0 Å². The van der Waals surface area contributed by atoms with Gasteiger partial charge in [0.25, 0.3) is 0 Å². The SMILES string of the molecule is O=C(O)CCOCCN(CCOC(CC(=O)O)C(=O)O)CCOC(CC(=O)O)C(=O)O. The Hall–Kier alpha value is -2.81. The van der Waals surface area contributed by atoms with Gasteiger partial charge in [0.15, 0.2) is 12.2 Å². The Bertz CT molecular complexity index is 569. The first-order chi connectivity index (χ1) is 14.5. The number of nitrogens with zero attached hydrogens (tertiary/aromatic N) is 1. The fourth-order valence-corrected chi connectivity index (χ4v) is 2.19. The zero-order valence-corrected chi connectivity index (χ0v) is 16.7. The molecule has 0 spiro atoms. The van der Waals surface area contributed by atoms with Crippen LogP contribution in [-0.2, 0) is 38.2 Å². The molecule has 2 unspecified atom stereocenters.